The van der Waals surface area contributed by atoms with Crippen molar-refractivity contribution in [3.63, 3.8) is 0 Å². The highest BCUT2D eigenvalue weighted by molar-refractivity contribution is 7.13. The number of aromatic nitrogens is 4. The molecule has 11 heteroatoms. The van der Waals surface area contributed by atoms with Crippen LogP contribution in [0.3, 0.4) is 0 Å². The quantitative estimate of drug-likeness (QED) is 0.205. The number of ether oxygens (including phenoxy) is 1. The summed E-state index contributed by atoms with van der Waals surface area (Å²) in [5, 5.41) is 2.92. The summed E-state index contributed by atoms with van der Waals surface area (Å²) < 4.78 is 65.0. The zero-order chi connectivity index (χ0) is 25.8. The van der Waals surface area contributed by atoms with Crippen molar-refractivity contribution >= 4 is 23.5 Å². The zero-order valence-corrected chi connectivity index (χ0v) is 19.8. The number of alkyl halides is 3. The average Bonchev–Trinajstić information content (AvgIpc) is 3.65. The monoisotopic (exact) mass is 526 g/mol. The molecule has 3 heterocycles. The van der Waals surface area contributed by atoms with Crippen LogP contribution in [-0.4, -0.2) is 19.5 Å². The third-order valence-electron chi connectivity index (χ3n) is 5.25. The predicted octanol–water partition coefficient (Wildman–Crippen LogP) is 6.95. The second-order valence-electron chi connectivity index (χ2n) is 7.94. The maximum atomic E-state index is 14.0. The van der Waals surface area contributed by atoms with Crippen molar-refractivity contribution in [3.8, 4) is 16.3 Å². The number of oxazole rings is 1. The van der Waals surface area contributed by atoms with Gasteiger partial charge < -0.3 is 13.7 Å². The molecule has 0 atom stereocenters. The zero-order valence-electron chi connectivity index (χ0n) is 19.0. The van der Waals surface area contributed by atoms with Crippen LogP contribution < -0.4 is 4.74 Å². The molecule has 0 fully saturated rings. The number of thiazole rings is 1. The Morgan fingerprint density at radius 1 is 1.03 bits per heavy atom. The SMILES string of the molecule is Fc1cc(C(F)(F)F)ccc1/C=C/c1nc(COc2ccc(-c3nc(Cn4ccnc4)cs3)cc2)co1. The van der Waals surface area contributed by atoms with Crippen molar-refractivity contribution in [3.05, 3.63) is 107 Å². The van der Waals surface area contributed by atoms with Gasteiger partial charge in [-0.25, -0.2) is 19.3 Å². The number of nitrogens with zero attached hydrogens (tertiary/aromatic N) is 4. The highest BCUT2D eigenvalue weighted by Crippen LogP contribution is 2.30. The summed E-state index contributed by atoms with van der Waals surface area (Å²) in [6, 6.07) is 9.83. The molecule has 0 spiro atoms. The van der Waals surface area contributed by atoms with E-state index < -0.39 is 17.6 Å². The summed E-state index contributed by atoms with van der Waals surface area (Å²) in [5.41, 5.74) is 1.36. The number of hydrogen-bond acceptors (Lipinski definition) is 6. The number of hydrogen-bond donors (Lipinski definition) is 0. The third-order valence-corrected chi connectivity index (χ3v) is 6.19. The molecule has 0 bridgehead atoms. The van der Waals surface area contributed by atoms with Gasteiger partial charge in [0.2, 0.25) is 5.89 Å². The lowest BCUT2D eigenvalue weighted by atomic mass is 10.1. The Morgan fingerprint density at radius 3 is 2.59 bits per heavy atom. The van der Waals surface area contributed by atoms with E-state index in [1.54, 1.807) is 23.9 Å². The molecule has 0 saturated carbocycles. The van der Waals surface area contributed by atoms with E-state index in [1.165, 1.54) is 18.4 Å². The lowest BCUT2D eigenvalue weighted by Crippen LogP contribution is -2.05. The fraction of sp³-hybridized carbons (Fsp3) is 0.115. The topological polar surface area (TPSA) is 66.0 Å². The molecule has 0 aliphatic heterocycles. The van der Waals surface area contributed by atoms with E-state index in [9.17, 15) is 17.6 Å². The molecular formula is C26H18F4N4O2S. The van der Waals surface area contributed by atoms with E-state index in [-0.39, 0.29) is 18.1 Å². The van der Waals surface area contributed by atoms with Crippen molar-refractivity contribution in [2.75, 3.05) is 0 Å². The second kappa shape index (κ2) is 10.4. The molecule has 0 unspecified atom stereocenters. The van der Waals surface area contributed by atoms with Crippen LogP contribution in [0.1, 0.15) is 28.4 Å². The number of benzene rings is 2. The molecule has 37 heavy (non-hydrogen) atoms. The minimum atomic E-state index is -4.60. The Labute approximate surface area is 212 Å². The Hall–Kier alpha value is -4.25. The Morgan fingerprint density at radius 2 is 1.86 bits per heavy atom. The van der Waals surface area contributed by atoms with Crippen LogP contribution in [0.25, 0.3) is 22.7 Å². The van der Waals surface area contributed by atoms with E-state index >= 15 is 0 Å². The van der Waals surface area contributed by atoms with Gasteiger partial charge in [-0.1, -0.05) is 6.07 Å². The number of rotatable bonds is 8. The van der Waals surface area contributed by atoms with Gasteiger partial charge in [0, 0.05) is 35.0 Å². The highest BCUT2D eigenvalue weighted by atomic mass is 32.1. The van der Waals surface area contributed by atoms with Crippen LogP contribution in [0, 0.1) is 5.82 Å². The Kier molecular flexibility index (Phi) is 6.87. The van der Waals surface area contributed by atoms with Gasteiger partial charge in [-0.15, -0.1) is 11.3 Å². The van der Waals surface area contributed by atoms with Gasteiger partial charge >= 0.3 is 6.18 Å². The highest BCUT2D eigenvalue weighted by Gasteiger charge is 2.31. The van der Waals surface area contributed by atoms with Crippen LogP contribution >= 0.6 is 11.3 Å². The summed E-state index contributed by atoms with van der Waals surface area (Å²) in [6.45, 7) is 0.795. The van der Waals surface area contributed by atoms with Crippen molar-refractivity contribution in [2.24, 2.45) is 0 Å². The Bertz CT molecular complexity index is 1510. The minimum Gasteiger partial charge on any atom is -0.487 e. The molecule has 6 nitrogen and oxygen atoms in total. The summed E-state index contributed by atoms with van der Waals surface area (Å²) in [6.07, 6.45) is 4.83. The first-order chi connectivity index (χ1) is 17.8. The average molecular weight is 527 g/mol. The van der Waals surface area contributed by atoms with Crippen LogP contribution in [0.2, 0.25) is 0 Å². The first-order valence-corrected chi connectivity index (χ1v) is 11.8. The van der Waals surface area contributed by atoms with Gasteiger partial charge in [0.05, 0.1) is 24.1 Å². The van der Waals surface area contributed by atoms with E-state index in [0.717, 1.165) is 28.4 Å². The number of imidazole rings is 1. The van der Waals surface area contributed by atoms with Gasteiger partial charge in [-0.3, -0.25) is 0 Å². The van der Waals surface area contributed by atoms with Crippen LogP contribution in [0.5, 0.6) is 5.75 Å². The fourth-order valence-corrected chi connectivity index (χ4v) is 4.21. The smallest absolute Gasteiger partial charge is 0.416 e. The fourth-order valence-electron chi connectivity index (χ4n) is 3.40. The van der Waals surface area contributed by atoms with E-state index in [0.29, 0.717) is 24.1 Å². The van der Waals surface area contributed by atoms with Gasteiger partial charge in [0.15, 0.2) is 0 Å². The van der Waals surface area contributed by atoms with Crippen molar-refractivity contribution < 1.29 is 26.7 Å². The molecule has 0 saturated heterocycles. The predicted molar refractivity (Wildman–Crippen MR) is 130 cm³/mol. The molecular weight excluding hydrogens is 508 g/mol. The standard InChI is InChI=1S/C26H18F4N4O2S/c27-23-11-19(26(28,29)30)5-1-17(23)4-8-24-32-21(14-36-24)13-35-22-6-2-18(3-7-22)25-33-20(15-37-25)12-34-10-9-31-16-34/h1-11,14-16H,12-13H2/b8-4+. The summed E-state index contributed by atoms with van der Waals surface area (Å²) in [4.78, 5) is 12.9. The van der Waals surface area contributed by atoms with Crippen molar-refractivity contribution in [2.45, 2.75) is 19.3 Å². The molecule has 0 N–H and O–H groups in total. The third kappa shape index (κ3) is 6.12. The molecule has 0 amide bonds. The second-order valence-corrected chi connectivity index (χ2v) is 8.79. The first-order valence-electron chi connectivity index (χ1n) is 11.0. The number of halogens is 4. The van der Waals surface area contributed by atoms with E-state index in [2.05, 4.69) is 15.0 Å². The van der Waals surface area contributed by atoms with Crippen LogP contribution in [-0.2, 0) is 19.3 Å². The lowest BCUT2D eigenvalue weighted by Gasteiger charge is -2.07. The van der Waals surface area contributed by atoms with Crippen LogP contribution in [0.15, 0.2) is 77.2 Å². The first kappa shape index (κ1) is 24.4. The van der Waals surface area contributed by atoms with E-state index in [4.69, 9.17) is 9.15 Å². The molecule has 0 aliphatic rings. The summed E-state index contributed by atoms with van der Waals surface area (Å²) in [5.74, 6) is -0.189. The molecule has 0 radical (unpaired) electrons. The molecule has 5 aromatic rings. The normalized spacial score (nSPS) is 11.9. The molecule has 5 rings (SSSR count). The lowest BCUT2D eigenvalue weighted by molar-refractivity contribution is -0.137. The summed E-state index contributed by atoms with van der Waals surface area (Å²) in [7, 11) is 0. The molecule has 3 aromatic heterocycles. The largest absolute Gasteiger partial charge is 0.487 e. The van der Waals surface area contributed by atoms with Gasteiger partial charge in [-0.05, 0) is 42.5 Å². The Balaban J connectivity index is 1.16. The summed E-state index contributed by atoms with van der Waals surface area (Å²) >= 11 is 1.56. The van der Waals surface area contributed by atoms with Gasteiger partial charge in [0.25, 0.3) is 0 Å². The molecule has 188 valence electrons. The minimum absolute atomic E-state index is 0.0156. The van der Waals surface area contributed by atoms with Gasteiger partial charge in [0.1, 0.15) is 35.1 Å². The molecule has 2 aromatic carbocycles. The van der Waals surface area contributed by atoms with Crippen LogP contribution in [0.4, 0.5) is 17.6 Å². The van der Waals surface area contributed by atoms with Crippen molar-refractivity contribution in [1.82, 2.24) is 19.5 Å². The molecule has 0 aliphatic carbocycles. The van der Waals surface area contributed by atoms with Crippen molar-refractivity contribution in [1.29, 1.82) is 0 Å². The van der Waals surface area contributed by atoms with E-state index in [1.807, 2.05) is 40.4 Å². The van der Waals surface area contributed by atoms with Gasteiger partial charge in [-0.2, -0.15) is 13.2 Å². The maximum absolute atomic E-state index is 14.0. The maximum Gasteiger partial charge on any atom is 0.416 e.